The van der Waals surface area contributed by atoms with Crippen LogP contribution >= 0.6 is 11.8 Å². The topological polar surface area (TPSA) is 50.1 Å². The van der Waals surface area contributed by atoms with E-state index < -0.39 is 0 Å². The highest BCUT2D eigenvalue weighted by Crippen LogP contribution is 2.28. The van der Waals surface area contributed by atoms with Gasteiger partial charge >= 0.3 is 5.97 Å². The Hall–Kier alpha value is -2.51. The van der Waals surface area contributed by atoms with Gasteiger partial charge in [0.05, 0.1) is 18.2 Å². The lowest BCUT2D eigenvalue weighted by Crippen LogP contribution is -2.04. The average molecular weight is 365 g/mol. The molecule has 0 saturated heterocycles. The molecule has 0 amide bonds. The summed E-state index contributed by atoms with van der Waals surface area (Å²) in [5.74, 6) is -0.303. The van der Waals surface area contributed by atoms with Crippen LogP contribution in [0.25, 0.3) is 5.57 Å². The van der Waals surface area contributed by atoms with Crippen LogP contribution < -0.4 is 0 Å². The molecule has 3 nitrogen and oxygen atoms in total. The van der Waals surface area contributed by atoms with Crippen LogP contribution in [0.1, 0.15) is 47.7 Å². The maximum atomic E-state index is 11.8. The number of rotatable bonds is 8. The molecule has 0 N–H and O–H groups in total. The predicted molar refractivity (Wildman–Crippen MR) is 107 cm³/mol. The number of nitrogens with zero attached hydrogens (tertiary/aromatic N) is 1. The number of hydrogen-bond acceptors (Lipinski definition) is 4. The van der Waals surface area contributed by atoms with Crippen LogP contribution in [0, 0.1) is 18.3 Å². The Kier molecular flexibility index (Phi) is 7.98. The lowest BCUT2D eigenvalue weighted by molar-refractivity contribution is 0.0526. The molecule has 134 valence electrons. The fourth-order valence-electron chi connectivity index (χ4n) is 2.42. The van der Waals surface area contributed by atoms with Crippen molar-refractivity contribution in [3.8, 4) is 6.07 Å². The second kappa shape index (κ2) is 10.5. The van der Waals surface area contributed by atoms with Crippen LogP contribution in [-0.4, -0.2) is 12.6 Å². The third kappa shape index (κ3) is 6.09. The maximum absolute atomic E-state index is 11.8. The minimum absolute atomic E-state index is 0.303. The van der Waals surface area contributed by atoms with Crippen LogP contribution in [0.3, 0.4) is 0 Å². The Labute approximate surface area is 159 Å². The molecular weight excluding hydrogens is 342 g/mol. The summed E-state index contributed by atoms with van der Waals surface area (Å²) in [6.07, 6.45) is 2.18. The van der Waals surface area contributed by atoms with Crippen molar-refractivity contribution in [2.45, 2.75) is 38.0 Å². The van der Waals surface area contributed by atoms with Crippen molar-refractivity contribution in [3.63, 3.8) is 0 Å². The van der Waals surface area contributed by atoms with Gasteiger partial charge in [0, 0.05) is 11.3 Å². The molecule has 0 fully saturated rings. The van der Waals surface area contributed by atoms with Crippen LogP contribution in [0.4, 0.5) is 0 Å². The van der Waals surface area contributed by atoms with Crippen molar-refractivity contribution in [2.24, 2.45) is 0 Å². The SMILES string of the molecule is CCOC(=O)c1ccc(C(=CSc2ccc(C)cc2)CCCC#N)cc1. The van der Waals surface area contributed by atoms with Gasteiger partial charge in [-0.1, -0.05) is 41.6 Å². The second-order valence-electron chi connectivity index (χ2n) is 5.88. The molecule has 0 atom stereocenters. The van der Waals surface area contributed by atoms with E-state index in [2.05, 4.69) is 42.7 Å². The van der Waals surface area contributed by atoms with Crippen molar-refractivity contribution < 1.29 is 9.53 Å². The highest BCUT2D eigenvalue weighted by atomic mass is 32.2. The first-order valence-electron chi connectivity index (χ1n) is 8.71. The fourth-order valence-corrected chi connectivity index (χ4v) is 3.25. The molecule has 0 aliphatic heterocycles. The van der Waals surface area contributed by atoms with E-state index in [0.717, 1.165) is 18.4 Å². The Morgan fingerprint density at radius 1 is 1.12 bits per heavy atom. The molecular formula is C22H23NO2S. The molecule has 2 aromatic rings. The molecule has 0 aromatic heterocycles. The van der Waals surface area contributed by atoms with E-state index in [1.54, 1.807) is 30.8 Å². The van der Waals surface area contributed by atoms with Crippen molar-refractivity contribution in [1.29, 1.82) is 5.26 Å². The molecule has 0 radical (unpaired) electrons. The van der Waals surface area contributed by atoms with E-state index in [1.165, 1.54) is 16.0 Å². The zero-order chi connectivity index (χ0) is 18.8. The summed E-state index contributed by atoms with van der Waals surface area (Å²) in [7, 11) is 0. The molecule has 0 heterocycles. The minimum Gasteiger partial charge on any atom is -0.462 e. The summed E-state index contributed by atoms with van der Waals surface area (Å²) in [4.78, 5) is 13.0. The Morgan fingerprint density at radius 2 is 1.77 bits per heavy atom. The summed E-state index contributed by atoms with van der Waals surface area (Å²) in [6.45, 7) is 4.24. The maximum Gasteiger partial charge on any atom is 0.338 e. The van der Waals surface area contributed by atoms with Crippen molar-refractivity contribution in [3.05, 3.63) is 70.6 Å². The highest BCUT2D eigenvalue weighted by Gasteiger charge is 2.08. The molecule has 0 spiro atoms. The summed E-state index contributed by atoms with van der Waals surface area (Å²) in [5, 5.41) is 10.9. The van der Waals surface area contributed by atoms with Gasteiger partial charge in [0.15, 0.2) is 0 Å². The number of carbonyl (C=O) groups excluding carboxylic acids is 1. The van der Waals surface area contributed by atoms with Gasteiger partial charge in [-0.2, -0.15) is 5.26 Å². The van der Waals surface area contributed by atoms with Crippen LogP contribution in [-0.2, 0) is 4.74 Å². The van der Waals surface area contributed by atoms with Crippen molar-refractivity contribution >= 4 is 23.3 Å². The molecule has 4 heteroatoms. The predicted octanol–water partition coefficient (Wildman–Crippen LogP) is 6.00. The van der Waals surface area contributed by atoms with Gasteiger partial charge in [-0.25, -0.2) is 4.79 Å². The minimum atomic E-state index is -0.303. The van der Waals surface area contributed by atoms with Gasteiger partial charge in [-0.15, -0.1) is 0 Å². The molecule has 0 saturated carbocycles. The van der Waals surface area contributed by atoms with E-state index in [0.29, 0.717) is 18.6 Å². The smallest absolute Gasteiger partial charge is 0.338 e. The summed E-state index contributed by atoms with van der Waals surface area (Å²) < 4.78 is 5.03. The lowest BCUT2D eigenvalue weighted by Gasteiger charge is -2.09. The van der Waals surface area contributed by atoms with E-state index in [-0.39, 0.29) is 5.97 Å². The first-order valence-corrected chi connectivity index (χ1v) is 9.59. The summed E-state index contributed by atoms with van der Waals surface area (Å²) in [5.41, 5.74) is 4.03. The number of hydrogen-bond donors (Lipinski definition) is 0. The van der Waals surface area contributed by atoms with Crippen LogP contribution in [0.15, 0.2) is 58.8 Å². The molecule has 2 rings (SSSR count). The summed E-state index contributed by atoms with van der Waals surface area (Å²) >= 11 is 1.67. The van der Waals surface area contributed by atoms with Crippen molar-refractivity contribution in [1.82, 2.24) is 0 Å². The first kappa shape index (κ1) is 19.8. The number of unbranched alkanes of at least 4 members (excludes halogenated alkanes) is 1. The number of ether oxygens (including phenoxy) is 1. The first-order chi connectivity index (χ1) is 12.6. The average Bonchev–Trinajstić information content (AvgIpc) is 2.66. The van der Waals surface area contributed by atoms with Gasteiger partial charge in [0.2, 0.25) is 0 Å². The normalized spacial score (nSPS) is 11.0. The van der Waals surface area contributed by atoms with Crippen molar-refractivity contribution in [2.75, 3.05) is 6.61 Å². The van der Waals surface area contributed by atoms with Gasteiger partial charge in [0.25, 0.3) is 0 Å². The number of nitriles is 1. The number of carbonyl (C=O) groups is 1. The van der Waals surface area contributed by atoms with E-state index in [1.807, 2.05) is 12.1 Å². The zero-order valence-electron chi connectivity index (χ0n) is 15.2. The largest absolute Gasteiger partial charge is 0.462 e. The number of aryl methyl sites for hydroxylation is 1. The highest BCUT2D eigenvalue weighted by molar-refractivity contribution is 8.02. The second-order valence-corrected chi connectivity index (χ2v) is 6.83. The van der Waals surface area contributed by atoms with Gasteiger partial charge in [-0.3, -0.25) is 0 Å². The van der Waals surface area contributed by atoms with Gasteiger partial charge < -0.3 is 4.74 Å². The monoisotopic (exact) mass is 365 g/mol. The number of esters is 1. The quantitative estimate of drug-likeness (QED) is 0.327. The fraction of sp³-hybridized carbons (Fsp3) is 0.273. The lowest BCUT2D eigenvalue weighted by atomic mass is 10.0. The van der Waals surface area contributed by atoms with Gasteiger partial charge in [-0.05, 0) is 67.5 Å². The molecule has 0 aliphatic rings. The van der Waals surface area contributed by atoms with Gasteiger partial charge in [0.1, 0.15) is 0 Å². The third-order valence-electron chi connectivity index (χ3n) is 3.86. The Balaban J connectivity index is 2.17. The number of thioether (sulfide) groups is 1. The van der Waals surface area contributed by atoms with Crippen LogP contribution in [0.5, 0.6) is 0 Å². The molecule has 0 bridgehead atoms. The Morgan fingerprint density at radius 3 is 2.38 bits per heavy atom. The number of benzene rings is 2. The Bertz CT molecular complexity index is 786. The molecule has 0 unspecified atom stereocenters. The van der Waals surface area contributed by atoms with E-state index in [9.17, 15) is 4.79 Å². The third-order valence-corrected chi connectivity index (χ3v) is 4.81. The summed E-state index contributed by atoms with van der Waals surface area (Å²) in [6, 6.07) is 18.1. The number of allylic oxidation sites excluding steroid dienone is 1. The molecule has 26 heavy (non-hydrogen) atoms. The molecule has 0 aliphatic carbocycles. The zero-order valence-corrected chi connectivity index (χ0v) is 16.0. The van der Waals surface area contributed by atoms with Crippen LogP contribution in [0.2, 0.25) is 0 Å². The standard InChI is InChI=1S/C22H23NO2S/c1-3-25-22(24)19-11-9-18(10-12-19)20(6-4-5-15-23)16-26-21-13-7-17(2)8-14-21/h7-14,16H,3-6H2,1-2H3. The molecule has 2 aromatic carbocycles. The van der Waals surface area contributed by atoms with E-state index in [4.69, 9.17) is 10.00 Å². The van der Waals surface area contributed by atoms with E-state index >= 15 is 0 Å².